The lowest BCUT2D eigenvalue weighted by Gasteiger charge is -2.10. The van der Waals surface area contributed by atoms with Crippen LogP contribution in [0.2, 0.25) is 0 Å². The van der Waals surface area contributed by atoms with Crippen molar-refractivity contribution in [1.29, 1.82) is 0 Å². The molecule has 0 aliphatic carbocycles. The Kier molecular flexibility index (Phi) is 4.66. The van der Waals surface area contributed by atoms with Gasteiger partial charge in [-0.2, -0.15) is 0 Å². The highest BCUT2D eigenvalue weighted by atomic mass is 79.9. The average molecular weight is 364 g/mol. The van der Waals surface area contributed by atoms with E-state index in [0.29, 0.717) is 12.4 Å². The summed E-state index contributed by atoms with van der Waals surface area (Å²) in [5.74, 6) is -0.775. The Balaban J connectivity index is 2.10. The normalized spacial score (nSPS) is 13.7. The summed E-state index contributed by atoms with van der Waals surface area (Å²) in [4.78, 5) is 11.0. The topological polar surface area (TPSA) is 81.7 Å². The molecule has 1 aromatic carbocycles. The zero-order chi connectivity index (χ0) is 14.8. The van der Waals surface area contributed by atoms with Gasteiger partial charge in [0.2, 0.25) is 10.0 Å². The van der Waals surface area contributed by atoms with Crippen LogP contribution in [-0.4, -0.2) is 33.9 Å². The number of rotatable bonds is 5. The molecule has 8 heteroatoms. The monoisotopic (exact) mass is 363 g/mol. The first-order valence-corrected chi connectivity index (χ1v) is 8.34. The van der Waals surface area contributed by atoms with Crippen molar-refractivity contribution in [3.05, 3.63) is 27.7 Å². The number of esters is 1. The Morgan fingerprint density at radius 1 is 1.50 bits per heavy atom. The summed E-state index contributed by atoms with van der Waals surface area (Å²) >= 11 is 3.38. The van der Waals surface area contributed by atoms with Crippen molar-refractivity contribution in [3.8, 4) is 5.75 Å². The van der Waals surface area contributed by atoms with Crippen LogP contribution in [0.5, 0.6) is 5.75 Å². The molecule has 0 spiro atoms. The summed E-state index contributed by atoms with van der Waals surface area (Å²) in [5, 5.41) is 0. The second-order valence-electron chi connectivity index (χ2n) is 4.31. The number of sulfonamides is 1. The van der Waals surface area contributed by atoms with Crippen LogP contribution in [0, 0.1) is 0 Å². The lowest BCUT2D eigenvalue weighted by atomic mass is 10.1. The predicted molar refractivity (Wildman–Crippen MR) is 76.0 cm³/mol. The molecule has 1 aliphatic heterocycles. The fraction of sp³-hybridized carbons (Fsp3) is 0.417. The SMILES string of the molecule is COC(=O)CS(=O)(=O)NCc1cc(Br)cc2c1OCC2. The molecular weight excluding hydrogens is 350 g/mol. The lowest BCUT2D eigenvalue weighted by molar-refractivity contribution is -0.137. The molecule has 1 heterocycles. The summed E-state index contributed by atoms with van der Waals surface area (Å²) in [6.45, 7) is 0.662. The van der Waals surface area contributed by atoms with Gasteiger partial charge in [-0.3, -0.25) is 4.79 Å². The van der Waals surface area contributed by atoms with E-state index < -0.39 is 21.7 Å². The largest absolute Gasteiger partial charge is 0.493 e. The fourth-order valence-electron chi connectivity index (χ4n) is 1.93. The molecule has 0 atom stereocenters. The van der Waals surface area contributed by atoms with E-state index in [4.69, 9.17) is 4.74 Å². The van der Waals surface area contributed by atoms with Crippen molar-refractivity contribution in [2.45, 2.75) is 13.0 Å². The maximum Gasteiger partial charge on any atom is 0.322 e. The van der Waals surface area contributed by atoms with Gasteiger partial charge in [0.1, 0.15) is 5.75 Å². The van der Waals surface area contributed by atoms with Gasteiger partial charge in [-0.15, -0.1) is 0 Å². The van der Waals surface area contributed by atoms with Crippen molar-refractivity contribution >= 4 is 31.9 Å². The van der Waals surface area contributed by atoms with E-state index in [1.54, 1.807) is 6.07 Å². The van der Waals surface area contributed by atoms with Crippen LogP contribution < -0.4 is 9.46 Å². The zero-order valence-corrected chi connectivity index (χ0v) is 13.2. The minimum atomic E-state index is -3.72. The molecule has 1 N–H and O–H groups in total. The quantitative estimate of drug-likeness (QED) is 0.788. The number of methoxy groups -OCH3 is 1. The zero-order valence-electron chi connectivity index (χ0n) is 10.8. The smallest absolute Gasteiger partial charge is 0.322 e. The average Bonchev–Trinajstić information content (AvgIpc) is 2.83. The second-order valence-corrected chi connectivity index (χ2v) is 7.03. The molecule has 1 aliphatic rings. The lowest BCUT2D eigenvalue weighted by Crippen LogP contribution is -2.30. The van der Waals surface area contributed by atoms with Crippen LogP contribution in [0.25, 0.3) is 0 Å². The Bertz CT molecular complexity index is 629. The second kappa shape index (κ2) is 6.11. The Morgan fingerprint density at radius 2 is 2.25 bits per heavy atom. The minimum absolute atomic E-state index is 0.0705. The number of nitrogens with one attached hydrogen (secondary N) is 1. The molecule has 0 radical (unpaired) electrons. The number of carbonyl (C=O) groups excluding carboxylic acids is 1. The Hall–Kier alpha value is -1.12. The van der Waals surface area contributed by atoms with Gasteiger partial charge in [0.15, 0.2) is 5.75 Å². The van der Waals surface area contributed by atoms with E-state index in [9.17, 15) is 13.2 Å². The Morgan fingerprint density at radius 3 is 2.95 bits per heavy atom. The molecule has 0 amide bonds. The maximum absolute atomic E-state index is 11.7. The third-order valence-corrected chi connectivity index (χ3v) is 4.50. The molecule has 0 saturated carbocycles. The molecule has 6 nitrogen and oxygen atoms in total. The molecule has 2 rings (SSSR count). The minimum Gasteiger partial charge on any atom is -0.493 e. The number of hydrogen-bond acceptors (Lipinski definition) is 5. The van der Waals surface area contributed by atoms with E-state index in [-0.39, 0.29) is 6.54 Å². The highest BCUT2D eigenvalue weighted by molar-refractivity contribution is 9.10. The van der Waals surface area contributed by atoms with Gasteiger partial charge in [0.25, 0.3) is 0 Å². The summed E-state index contributed by atoms with van der Waals surface area (Å²) in [7, 11) is -2.57. The standard InChI is InChI=1S/C12H14BrNO5S/c1-18-11(15)7-20(16,17)14-6-9-5-10(13)4-8-2-3-19-12(8)9/h4-5,14H,2-3,6-7H2,1H3. The highest BCUT2D eigenvalue weighted by Gasteiger charge is 2.20. The fourth-order valence-corrected chi connectivity index (χ4v) is 3.39. The van der Waals surface area contributed by atoms with Crippen LogP contribution in [0.15, 0.2) is 16.6 Å². The number of carbonyl (C=O) groups is 1. The van der Waals surface area contributed by atoms with Crippen LogP contribution in [-0.2, 0) is 32.5 Å². The van der Waals surface area contributed by atoms with Gasteiger partial charge in [-0.05, 0) is 17.7 Å². The van der Waals surface area contributed by atoms with Crippen LogP contribution in [0.3, 0.4) is 0 Å². The number of fused-ring (bicyclic) bond motifs is 1. The van der Waals surface area contributed by atoms with Crippen molar-refractivity contribution in [3.63, 3.8) is 0 Å². The van der Waals surface area contributed by atoms with E-state index in [0.717, 1.165) is 29.1 Å². The Labute approximate surface area is 125 Å². The molecule has 0 saturated heterocycles. The highest BCUT2D eigenvalue weighted by Crippen LogP contribution is 2.32. The molecule has 0 fully saturated rings. The van der Waals surface area contributed by atoms with Crippen molar-refractivity contribution in [2.24, 2.45) is 0 Å². The van der Waals surface area contributed by atoms with E-state index in [2.05, 4.69) is 25.4 Å². The van der Waals surface area contributed by atoms with Crippen molar-refractivity contribution in [2.75, 3.05) is 19.5 Å². The third-order valence-electron chi connectivity index (χ3n) is 2.84. The maximum atomic E-state index is 11.7. The molecule has 0 aromatic heterocycles. The number of ether oxygens (including phenoxy) is 2. The van der Waals surface area contributed by atoms with Gasteiger partial charge in [-0.25, -0.2) is 13.1 Å². The summed E-state index contributed by atoms with van der Waals surface area (Å²) in [5.41, 5.74) is 1.78. The summed E-state index contributed by atoms with van der Waals surface area (Å²) in [6, 6.07) is 3.75. The molecule has 110 valence electrons. The number of halogens is 1. The van der Waals surface area contributed by atoms with Gasteiger partial charge >= 0.3 is 5.97 Å². The van der Waals surface area contributed by atoms with Gasteiger partial charge < -0.3 is 9.47 Å². The number of benzene rings is 1. The first-order chi connectivity index (χ1) is 9.41. The first-order valence-electron chi connectivity index (χ1n) is 5.89. The first kappa shape index (κ1) is 15.3. The van der Waals surface area contributed by atoms with Crippen LogP contribution in [0.1, 0.15) is 11.1 Å². The van der Waals surface area contributed by atoms with Gasteiger partial charge in [0.05, 0.1) is 13.7 Å². The van der Waals surface area contributed by atoms with Crippen molar-refractivity contribution in [1.82, 2.24) is 4.72 Å². The van der Waals surface area contributed by atoms with Crippen molar-refractivity contribution < 1.29 is 22.7 Å². The van der Waals surface area contributed by atoms with Crippen LogP contribution >= 0.6 is 15.9 Å². The molecule has 0 unspecified atom stereocenters. The van der Waals surface area contributed by atoms with E-state index in [1.165, 1.54) is 0 Å². The molecule has 0 bridgehead atoms. The van der Waals surface area contributed by atoms with Gasteiger partial charge in [0, 0.05) is 23.0 Å². The molecular formula is C12H14BrNO5S. The predicted octanol–water partition coefficient (Wildman–Crippen LogP) is 0.976. The summed E-state index contributed by atoms with van der Waals surface area (Å²) in [6.07, 6.45) is 0.802. The number of hydrogen-bond donors (Lipinski definition) is 1. The summed E-state index contributed by atoms with van der Waals surface area (Å²) < 4.78 is 36.5. The molecule has 1 aromatic rings. The van der Waals surface area contributed by atoms with Crippen LogP contribution in [0.4, 0.5) is 0 Å². The van der Waals surface area contributed by atoms with E-state index in [1.807, 2.05) is 6.07 Å². The van der Waals surface area contributed by atoms with E-state index >= 15 is 0 Å². The van der Waals surface area contributed by atoms with Gasteiger partial charge in [-0.1, -0.05) is 15.9 Å². The molecule has 20 heavy (non-hydrogen) atoms. The third kappa shape index (κ3) is 3.71.